The van der Waals surface area contributed by atoms with Crippen molar-refractivity contribution in [3.63, 3.8) is 0 Å². The van der Waals surface area contributed by atoms with Crippen LogP contribution in [-0.2, 0) is 0 Å². The summed E-state index contributed by atoms with van der Waals surface area (Å²) in [6, 6.07) is 66.2. The average Bonchev–Trinajstić information content (AvgIpc) is 3.59. The van der Waals surface area contributed by atoms with Gasteiger partial charge >= 0.3 is 0 Å². The fraction of sp³-hybridized carbons (Fsp3) is 0. The molecular formula is C50H30O. The van der Waals surface area contributed by atoms with E-state index in [1.165, 1.54) is 76.1 Å². The Balaban J connectivity index is 1.08. The molecule has 11 rings (SSSR count). The molecular weight excluding hydrogens is 617 g/mol. The summed E-state index contributed by atoms with van der Waals surface area (Å²) < 4.78 is 6.70. The van der Waals surface area contributed by atoms with Gasteiger partial charge in [0, 0.05) is 16.2 Å². The molecule has 0 spiro atoms. The molecule has 0 amide bonds. The van der Waals surface area contributed by atoms with Crippen molar-refractivity contribution in [1.82, 2.24) is 0 Å². The van der Waals surface area contributed by atoms with E-state index in [1.807, 2.05) is 0 Å². The Kier molecular flexibility index (Phi) is 6.02. The maximum absolute atomic E-state index is 6.70. The third-order valence-electron chi connectivity index (χ3n) is 10.8. The molecule has 0 N–H and O–H groups in total. The van der Waals surface area contributed by atoms with Gasteiger partial charge in [-0.2, -0.15) is 0 Å². The molecule has 0 atom stereocenters. The molecule has 0 aliphatic carbocycles. The van der Waals surface area contributed by atoms with Crippen molar-refractivity contribution in [1.29, 1.82) is 0 Å². The highest BCUT2D eigenvalue weighted by molar-refractivity contribution is 6.30. The van der Waals surface area contributed by atoms with Crippen LogP contribution in [0.15, 0.2) is 186 Å². The van der Waals surface area contributed by atoms with Gasteiger partial charge in [0.1, 0.15) is 11.2 Å². The van der Waals surface area contributed by atoms with E-state index in [0.717, 1.165) is 33.1 Å². The van der Waals surface area contributed by atoms with Gasteiger partial charge in [0.2, 0.25) is 0 Å². The zero-order chi connectivity index (χ0) is 33.5. The molecule has 1 nitrogen and oxygen atoms in total. The van der Waals surface area contributed by atoms with Crippen molar-refractivity contribution in [3.8, 4) is 33.4 Å². The summed E-state index contributed by atoms with van der Waals surface area (Å²) in [5, 5.41) is 14.8. The number of hydrogen-bond acceptors (Lipinski definition) is 1. The van der Waals surface area contributed by atoms with Gasteiger partial charge in [0.25, 0.3) is 0 Å². The fourth-order valence-corrected chi connectivity index (χ4v) is 8.59. The zero-order valence-corrected chi connectivity index (χ0v) is 27.7. The second kappa shape index (κ2) is 10.9. The van der Waals surface area contributed by atoms with E-state index < -0.39 is 0 Å². The van der Waals surface area contributed by atoms with E-state index in [0.29, 0.717) is 0 Å². The fourth-order valence-electron chi connectivity index (χ4n) is 8.59. The Bertz CT molecular complexity index is 3120. The van der Waals surface area contributed by atoms with Gasteiger partial charge in [-0.25, -0.2) is 0 Å². The highest BCUT2D eigenvalue weighted by Crippen LogP contribution is 2.46. The van der Waals surface area contributed by atoms with E-state index in [1.54, 1.807) is 0 Å². The number of fused-ring (bicyclic) bond motifs is 11. The van der Waals surface area contributed by atoms with E-state index in [9.17, 15) is 0 Å². The van der Waals surface area contributed by atoms with Gasteiger partial charge in [-0.3, -0.25) is 0 Å². The van der Waals surface area contributed by atoms with Crippen molar-refractivity contribution >= 4 is 75.8 Å². The number of hydrogen-bond donors (Lipinski definition) is 0. The van der Waals surface area contributed by atoms with Gasteiger partial charge in [-0.15, -0.1) is 0 Å². The molecule has 0 unspecified atom stereocenters. The molecule has 0 saturated heterocycles. The van der Waals surface area contributed by atoms with E-state index in [4.69, 9.17) is 4.42 Å². The predicted octanol–water partition coefficient (Wildman–Crippen LogP) is 14.4. The van der Waals surface area contributed by atoms with Gasteiger partial charge < -0.3 is 4.42 Å². The molecule has 1 heteroatoms. The molecule has 0 aliphatic heterocycles. The Morgan fingerprint density at radius 3 is 1.47 bits per heavy atom. The van der Waals surface area contributed by atoms with Crippen LogP contribution in [0.4, 0.5) is 0 Å². The molecule has 0 fully saturated rings. The molecule has 0 saturated carbocycles. The number of rotatable bonds is 3. The second-order valence-electron chi connectivity index (χ2n) is 13.6. The monoisotopic (exact) mass is 646 g/mol. The summed E-state index contributed by atoms with van der Waals surface area (Å²) in [5.74, 6) is 0. The normalized spacial score (nSPS) is 11.9. The molecule has 1 aromatic heterocycles. The van der Waals surface area contributed by atoms with Crippen LogP contribution in [0.3, 0.4) is 0 Å². The summed E-state index contributed by atoms with van der Waals surface area (Å²) in [4.78, 5) is 0. The van der Waals surface area contributed by atoms with Gasteiger partial charge in [0.05, 0.1) is 0 Å². The van der Waals surface area contributed by atoms with Crippen molar-refractivity contribution in [2.75, 3.05) is 0 Å². The second-order valence-corrected chi connectivity index (χ2v) is 13.6. The van der Waals surface area contributed by atoms with Crippen molar-refractivity contribution in [2.45, 2.75) is 0 Å². The third kappa shape index (κ3) is 4.16. The van der Waals surface area contributed by atoms with Crippen LogP contribution in [0, 0.1) is 0 Å². The van der Waals surface area contributed by atoms with Crippen molar-refractivity contribution in [2.24, 2.45) is 0 Å². The van der Waals surface area contributed by atoms with Crippen LogP contribution in [0.2, 0.25) is 0 Å². The van der Waals surface area contributed by atoms with Gasteiger partial charge in [-0.1, -0.05) is 170 Å². The van der Waals surface area contributed by atoms with Crippen LogP contribution in [-0.4, -0.2) is 0 Å². The summed E-state index contributed by atoms with van der Waals surface area (Å²) in [5.41, 5.74) is 9.20. The predicted molar refractivity (Wildman–Crippen MR) is 218 cm³/mol. The minimum Gasteiger partial charge on any atom is -0.455 e. The minimum absolute atomic E-state index is 0.911. The van der Waals surface area contributed by atoms with Crippen LogP contribution in [0.25, 0.3) is 109 Å². The Labute approximate surface area is 294 Å². The standard InChI is InChI=1S/C50H30O/c1-2-14-35-32(12-1)13-11-23-38(35)48-42-20-8-6-18-40(42)47(41-19-7-9-21-43(41)48)33-26-24-31(25-27-33)34-28-29-45-46(30-34)51-50-44-22-10-4-16-37(44)36-15-3-5-17-39(36)49(45)50/h1-30H. The van der Waals surface area contributed by atoms with Crippen LogP contribution >= 0.6 is 0 Å². The Hall–Kier alpha value is -6.70. The van der Waals surface area contributed by atoms with Gasteiger partial charge in [-0.05, 0) is 94.0 Å². The SMILES string of the molecule is c1ccc2c(-c3c4ccccc4c(-c4ccc(-c5ccc6c(c5)oc5c7ccccc7c7ccccc7c65)cc4)c4ccccc34)cccc2c1. The smallest absolute Gasteiger partial charge is 0.143 e. The Morgan fingerprint density at radius 1 is 0.294 bits per heavy atom. The van der Waals surface area contributed by atoms with E-state index >= 15 is 0 Å². The summed E-state index contributed by atoms with van der Waals surface area (Å²) in [6.45, 7) is 0. The highest BCUT2D eigenvalue weighted by atomic mass is 16.3. The minimum atomic E-state index is 0.911. The quantitative estimate of drug-likeness (QED) is 0.138. The topological polar surface area (TPSA) is 13.1 Å². The first-order valence-corrected chi connectivity index (χ1v) is 17.6. The third-order valence-corrected chi connectivity index (χ3v) is 10.8. The molecule has 1 heterocycles. The number of furan rings is 1. The first-order chi connectivity index (χ1) is 25.3. The van der Waals surface area contributed by atoms with Crippen LogP contribution in [0.1, 0.15) is 0 Å². The highest BCUT2D eigenvalue weighted by Gasteiger charge is 2.19. The van der Waals surface area contributed by atoms with E-state index in [-0.39, 0.29) is 0 Å². The Morgan fingerprint density at radius 2 is 0.784 bits per heavy atom. The molecule has 236 valence electrons. The summed E-state index contributed by atoms with van der Waals surface area (Å²) >= 11 is 0. The largest absolute Gasteiger partial charge is 0.455 e. The summed E-state index contributed by atoms with van der Waals surface area (Å²) in [7, 11) is 0. The van der Waals surface area contributed by atoms with Crippen molar-refractivity contribution in [3.05, 3.63) is 182 Å². The maximum Gasteiger partial charge on any atom is 0.143 e. The molecule has 10 aromatic carbocycles. The molecule has 0 bridgehead atoms. The summed E-state index contributed by atoms with van der Waals surface area (Å²) in [6.07, 6.45) is 0. The lowest BCUT2D eigenvalue weighted by atomic mass is 9.84. The molecule has 11 aromatic rings. The van der Waals surface area contributed by atoms with Crippen LogP contribution in [0.5, 0.6) is 0 Å². The van der Waals surface area contributed by atoms with Crippen molar-refractivity contribution < 1.29 is 4.42 Å². The lowest BCUT2D eigenvalue weighted by molar-refractivity contribution is 0.673. The van der Waals surface area contributed by atoms with Crippen LogP contribution < -0.4 is 0 Å². The zero-order valence-electron chi connectivity index (χ0n) is 27.7. The van der Waals surface area contributed by atoms with Gasteiger partial charge in [0.15, 0.2) is 0 Å². The first kappa shape index (κ1) is 28.2. The molecule has 51 heavy (non-hydrogen) atoms. The lowest BCUT2D eigenvalue weighted by Crippen LogP contribution is -1.91. The molecule has 0 radical (unpaired) electrons. The van der Waals surface area contributed by atoms with E-state index in [2.05, 4.69) is 182 Å². The number of benzene rings is 10. The lowest BCUT2D eigenvalue weighted by Gasteiger charge is -2.19. The maximum atomic E-state index is 6.70. The average molecular weight is 647 g/mol. The first-order valence-electron chi connectivity index (χ1n) is 17.6. The molecule has 0 aliphatic rings.